The largest absolute Gasteiger partial charge is 0.495 e. The lowest BCUT2D eigenvalue weighted by molar-refractivity contribution is 0.166. The first-order valence-corrected chi connectivity index (χ1v) is 5.09. The maximum Gasteiger partial charge on any atom is 0.137 e. The summed E-state index contributed by atoms with van der Waals surface area (Å²) in [7, 11) is 1.57. The second kappa shape index (κ2) is 5.23. The number of aliphatic hydroxyl groups excluding tert-OH is 1. The Morgan fingerprint density at radius 1 is 1.50 bits per heavy atom. The van der Waals surface area contributed by atoms with Crippen LogP contribution in [0.1, 0.15) is 31.4 Å². The molecular formula is C11H15ClO2. The molecule has 1 aromatic carbocycles. The highest BCUT2D eigenvalue weighted by atomic mass is 35.5. The van der Waals surface area contributed by atoms with Gasteiger partial charge in [-0.15, -0.1) is 0 Å². The third-order valence-corrected chi connectivity index (χ3v) is 2.54. The van der Waals surface area contributed by atoms with Crippen LogP contribution in [0.15, 0.2) is 18.2 Å². The molecule has 0 aromatic heterocycles. The molecule has 0 aliphatic carbocycles. The smallest absolute Gasteiger partial charge is 0.137 e. The molecule has 1 aromatic rings. The maximum atomic E-state index is 9.78. The second-order valence-electron chi connectivity index (χ2n) is 3.17. The van der Waals surface area contributed by atoms with E-state index in [1.54, 1.807) is 13.2 Å². The van der Waals surface area contributed by atoms with E-state index in [4.69, 9.17) is 16.3 Å². The van der Waals surface area contributed by atoms with E-state index in [0.29, 0.717) is 17.2 Å². The van der Waals surface area contributed by atoms with Crippen molar-refractivity contribution in [2.24, 2.45) is 0 Å². The lowest BCUT2D eigenvalue weighted by Gasteiger charge is -2.13. The first kappa shape index (κ1) is 11.3. The third-order valence-electron chi connectivity index (χ3n) is 2.13. The lowest BCUT2D eigenvalue weighted by atomic mass is 10.1. The van der Waals surface area contributed by atoms with Gasteiger partial charge >= 0.3 is 0 Å². The van der Waals surface area contributed by atoms with Gasteiger partial charge in [-0.2, -0.15) is 0 Å². The minimum Gasteiger partial charge on any atom is -0.495 e. The van der Waals surface area contributed by atoms with Crippen LogP contribution in [0.3, 0.4) is 0 Å². The summed E-state index contributed by atoms with van der Waals surface area (Å²) < 4.78 is 5.07. The maximum absolute atomic E-state index is 9.78. The molecule has 0 bridgehead atoms. The normalized spacial score (nSPS) is 12.6. The molecule has 1 rings (SSSR count). The van der Waals surface area contributed by atoms with E-state index in [-0.39, 0.29) is 0 Å². The zero-order chi connectivity index (χ0) is 10.6. The highest BCUT2D eigenvalue weighted by Crippen LogP contribution is 2.33. The Morgan fingerprint density at radius 3 is 2.79 bits per heavy atom. The second-order valence-corrected chi connectivity index (χ2v) is 3.55. The molecule has 3 heteroatoms. The number of aliphatic hydroxyl groups is 1. The zero-order valence-corrected chi connectivity index (χ0v) is 9.21. The number of benzene rings is 1. The standard InChI is InChI=1S/C11H15ClO2/c1-3-5-9(13)8-6-4-7-10(14-2)11(8)12/h4,6-7,9,13H,3,5H2,1-2H3/t9-/m0/s1. The van der Waals surface area contributed by atoms with Crippen LogP contribution in [0, 0.1) is 0 Å². The summed E-state index contributed by atoms with van der Waals surface area (Å²) in [6, 6.07) is 5.44. The Morgan fingerprint density at radius 2 is 2.21 bits per heavy atom. The van der Waals surface area contributed by atoms with Crippen molar-refractivity contribution in [3.8, 4) is 5.75 Å². The highest BCUT2D eigenvalue weighted by molar-refractivity contribution is 6.32. The summed E-state index contributed by atoms with van der Waals surface area (Å²) in [6.45, 7) is 2.03. The average Bonchev–Trinajstić information content (AvgIpc) is 2.18. The van der Waals surface area contributed by atoms with Crippen LogP contribution in [-0.4, -0.2) is 12.2 Å². The Kier molecular flexibility index (Phi) is 4.23. The summed E-state index contributed by atoms with van der Waals surface area (Å²) in [4.78, 5) is 0. The van der Waals surface area contributed by atoms with E-state index in [2.05, 4.69) is 0 Å². The summed E-state index contributed by atoms with van der Waals surface area (Å²) >= 11 is 6.05. The lowest BCUT2D eigenvalue weighted by Crippen LogP contribution is -1.98. The molecule has 1 N–H and O–H groups in total. The van der Waals surface area contributed by atoms with Gasteiger partial charge < -0.3 is 9.84 Å². The van der Waals surface area contributed by atoms with Gasteiger partial charge in [0.25, 0.3) is 0 Å². The molecule has 0 radical (unpaired) electrons. The van der Waals surface area contributed by atoms with E-state index < -0.39 is 6.10 Å². The van der Waals surface area contributed by atoms with E-state index in [1.807, 2.05) is 19.1 Å². The summed E-state index contributed by atoms with van der Waals surface area (Å²) in [5.41, 5.74) is 0.743. The summed E-state index contributed by atoms with van der Waals surface area (Å²) in [6.07, 6.45) is 1.14. The topological polar surface area (TPSA) is 29.5 Å². The average molecular weight is 215 g/mol. The number of rotatable bonds is 4. The van der Waals surface area contributed by atoms with Crippen molar-refractivity contribution in [2.45, 2.75) is 25.9 Å². The molecular weight excluding hydrogens is 200 g/mol. The fraction of sp³-hybridized carbons (Fsp3) is 0.455. The van der Waals surface area contributed by atoms with Crippen LogP contribution in [0.2, 0.25) is 5.02 Å². The van der Waals surface area contributed by atoms with Crippen molar-refractivity contribution < 1.29 is 9.84 Å². The fourth-order valence-electron chi connectivity index (χ4n) is 1.37. The Bertz CT molecular complexity index is 299. The fourth-order valence-corrected chi connectivity index (χ4v) is 1.70. The zero-order valence-electron chi connectivity index (χ0n) is 8.46. The van der Waals surface area contributed by atoms with Gasteiger partial charge in [0.2, 0.25) is 0 Å². The number of halogens is 1. The van der Waals surface area contributed by atoms with Crippen molar-refractivity contribution in [2.75, 3.05) is 7.11 Å². The number of methoxy groups -OCH3 is 1. The number of hydrogen-bond donors (Lipinski definition) is 1. The van der Waals surface area contributed by atoms with Gasteiger partial charge in [0.15, 0.2) is 0 Å². The Hall–Kier alpha value is -0.730. The molecule has 0 spiro atoms. The Labute approximate surface area is 89.5 Å². The third kappa shape index (κ3) is 2.40. The molecule has 0 heterocycles. The van der Waals surface area contributed by atoms with Gasteiger partial charge in [-0.25, -0.2) is 0 Å². The van der Waals surface area contributed by atoms with E-state index in [0.717, 1.165) is 12.0 Å². The number of hydrogen-bond acceptors (Lipinski definition) is 2. The van der Waals surface area contributed by atoms with Crippen LogP contribution in [-0.2, 0) is 0 Å². The first-order valence-electron chi connectivity index (χ1n) is 4.71. The minimum absolute atomic E-state index is 0.498. The van der Waals surface area contributed by atoms with Crippen LogP contribution in [0.4, 0.5) is 0 Å². The molecule has 0 amide bonds. The quantitative estimate of drug-likeness (QED) is 0.834. The monoisotopic (exact) mass is 214 g/mol. The van der Waals surface area contributed by atoms with Crippen molar-refractivity contribution in [3.05, 3.63) is 28.8 Å². The minimum atomic E-state index is -0.498. The Balaban J connectivity index is 2.96. The van der Waals surface area contributed by atoms with Crippen LogP contribution >= 0.6 is 11.6 Å². The molecule has 2 nitrogen and oxygen atoms in total. The van der Waals surface area contributed by atoms with E-state index in [9.17, 15) is 5.11 Å². The first-order chi connectivity index (χ1) is 6.70. The predicted octanol–water partition coefficient (Wildman–Crippen LogP) is 3.18. The predicted molar refractivity (Wildman–Crippen MR) is 57.9 cm³/mol. The van der Waals surface area contributed by atoms with Crippen molar-refractivity contribution in [1.29, 1.82) is 0 Å². The van der Waals surface area contributed by atoms with Gasteiger partial charge in [0, 0.05) is 5.56 Å². The molecule has 0 aliphatic rings. The molecule has 78 valence electrons. The molecule has 0 unspecified atom stereocenters. The highest BCUT2D eigenvalue weighted by Gasteiger charge is 2.13. The van der Waals surface area contributed by atoms with Crippen molar-refractivity contribution in [3.63, 3.8) is 0 Å². The summed E-state index contributed by atoms with van der Waals surface area (Å²) in [5.74, 6) is 0.610. The van der Waals surface area contributed by atoms with Crippen molar-refractivity contribution in [1.82, 2.24) is 0 Å². The molecule has 0 saturated heterocycles. The van der Waals surface area contributed by atoms with Crippen LogP contribution in [0.25, 0.3) is 0 Å². The van der Waals surface area contributed by atoms with Gasteiger partial charge in [-0.05, 0) is 12.5 Å². The van der Waals surface area contributed by atoms with E-state index in [1.165, 1.54) is 0 Å². The molecule has 0 aliphatic heterocycles. The summed E-state index contributed by atoms with van der Waals surface area (Å²) in [5, 5.41) is 10.3. The van der Waals surface area contributed by atoms with Crippen LogP contribution in [0.5, 0.6) is 5.75 Å². The molecule has 0 fully saturated rings. The van der Waals surface area contributed by atoms with Gasteiger partial charge in [-0.1, -0.05) is 37.1 Å². The van der Waals surface area contributed by atoms with Gasteiger partial charge in [0.05, 0.1) is 18.2 Å². The van der Waals surface area contributed by atoms with Crippen molar-refractivity contribution >= 4 is 11.6 Å². The molecule has 0 saturated carbocycles. The number of ether oxygens (including phenoxy) is 1. The molecule has 14 heavy (non-hydrogen) atoms. The molecule has 1 atom stereocenters. The van der Waals surface area contributed by atoms with Crippen LogP contribution < -0.4 is 4.74 Å². The van der Waals surface area contributed by atoms with Gasteiger partial charge in [-0.3, -0.25) is 0 Å². The van der Waals surface area contributed by atoms with E-state index >= 15 is 0 Å². The van der Waals surface area contributed by atoms with Gasteiger partial charge in [0.1, 0.15) is 5.75 Å². The SMILES string of the molecule is CCC[C@H](O)c1cccc(OC)c1Cl.